The van der Waals surface area contributed by atoms with Crippen molar-refractivity contribution < 1.29 is 14.4 Å². The summed E-state index contributed by atoms with van der Waals surface area (Å²) in [6.45, 7) is 1.78. The number of amides is 1. The highest BCUT2D eigenvalue weighted by molar-refractivity contribution is 6.00. The Labute approximate surface area is 137 Å². The molecule has 0 bridgehead atoms. The summed E-state index contributed by atoms with van der Waals surface area (Å²) < 4.78 is 15.6. The van der Waals surface area contributed by atoms with Crippen LogP contribution in [-0.4, -0.2) is 26.3 Å². The highest BCUT2D eigenvalue weighted by Crippen LogP contribution is 2.29. The van der Waals surface area contributed by atoms with Gasteiger partial charge in [0, 0.05) is 24.2 Å². The largest absolute Gasteiger partial charge is 0.409 e. The first-order chi connectivity index (χ1) is 11.5. The molecule has 3 rings (SSSR count). The van der Waals surface area contributed by atoms with E-state index in [2.05, 4.69) is 15.5 Å². The van der Waals surface area contributed by atoms with Crippen molar-refractivity contribution in [2.75, 3.05) is 0 Å². The van der Waals surface area contributed by atoms with E-state index in [1.54, 1.807) is 29.7 Å². The van der Waals surface area contributed by atoms with Gasteiger partial charge in [0.2, 0.25) is 0 Å². The number of pyridine rings is 1. The molecule has 1 unspecified atom stereocenters. The Morgan fingerprint density at radius 1 is 1.54 bits per heavy atom. The number of aromatic nitrogens is 2. The van der Waals surface area contributed by atoms with Crippen molar-refractivity contribution in [3.63, 3.8) is 0 Å². The molecule has 8 heteroatoms. The van der Waals surface area contributed by atoms with Crippen molar-refractivity contribution in [1.29, 1.82) is 0 Å². The first-order valence-electron chi connectivity index (χ1n) is 7.33. The second kappa shape index (κ2) is 6.15. The molecule has 0 aliphatic heterocycles. The lowest BCUT2D eigenvalue weighted by Crippen LogP contribution is -2.30. The molecule has 0 radical (unpaired) electrons. The molecule has 1 aliphatic rings. The number of oxime groups is 1. The number of nitrogens with two attached hydrogens (primary N) is 1. The lowest BCUT2D eigenvalue weighted by atomic mass is 9.93. The molecule has 0 saturated carbocycles. The normalized spacial score (nSPS) is 18.7. The number of hydrogen-bond donors (Lipinski definition) is 3. The molecule has 7 nitrogen and oxygen atoms in total. The number of amidine groups is 1. The van der Waals surface area contributed by atoms with Crippen molar-refractivity contribution in [2.45, 2.75) is 13.3 Å². The molecule has 2 heterocycles. The molecule has 0 fully saturated rings. The standard InChI is InChI=1S/C16H16FN5O2/c1-9-6-11(17)10(15(18)21-24)7-12(9)20-16(23)13-8-19-14-4-2-3-5-22(13)14/h2-5,7-9,24H,6H2,1H3,(H2,18,21)(H,20,23). The fraction of sp³-hybridized carbons (Fsp3) is 0.188. The van der Waals surface area contributed by atoms with Crippen molar-refractivity contribution >= 4 is 17.4 Å². The van der Waals surface area contributed by atoms with Crippen molar-refractivity contribution in [1.82, 2.24) is 14.7 Å². The first kappa shape index (κ1) is 15.7. The molecule has 1 amide bonds. The summed E-state index contributed by atoms with van der Waals surface area (Å²) in [4.78, 5) is 16.7. The van der Waals surface area contributed by atoms with E-state index in [-0.39, 0.29) is 29.7 Å². The second-order valence-corrected chi connectivity index (χ2v) is 5.54. The maximum atomic E-state index is 14.0. The van der Waals surface area contributed by atoms with Crippen LogP contribution in [0.5, 0.6) is 0 Å². The molecular weight excluding hydrogens is 313 g/mol. The fourth-order valence-electron chi connectivity index (χ4n) is 2.59. The molecule has 0 saturated heterocycles. The molecule has 124 valence electrons. The van der Waals surface area contributed by atoms with Crippen molar-refractivity contribution in [3.8, 4) is 0 Å². The van der Waals surface area contributed by atoms with Gasteiger partial charge in [0.15, 0.2) is 5.84 Å². The number of fused-ring (bicyclic) bond motifs is 1. The summed E-state index contributed by atoms with van der Waals surface area (Å²) in [5, 5.41) is 14.3. The van der Waals surface area contributed by atoms with Gasteiger partial charge >= 0.3 is 0 Å². The Balaban J connectivity index is 1.91. The van der Waals surface area contributed by atoms with E-state index >= 15 is 0 Å². The van der Waals surface area contributed by atoms with E-state index in [0.29, 0.717) is 17.0 Å². The third-order valence-electron chi connectivity index (χ3n) is 3.90. The molecule has 1 atom stereocenters. The van der Waals surface area contributed by atoms with Crippen LogP contribution in [0.2, 0.25) is 0 Å². The summed E-state index contributed by atoms with van der Waals surface area (Å²) in [5.41, 5.74) is 6.96. The summed E-state index contributed by atoms with van der Waals surface area (Å²) in [6, 6.07) is 5.41. The third-order valence-corrected chi connectivity index (χ3v) is 3.90. The van der Waals surface area contributed by atoms with E-state index in [1.165, 1.54) is 12.3 Å². The topological polar surface area (TPSA) is 105 Å². The summed E-state index contributed by atoms with van der Waals surface area (Å²) in [5.74, 6) is -1.43. The number of carbonyl (C=O) groups excluding carboxylic acids is 1. The molecule has 24 heavy (non-hydrogen) atoms. The van der Waals surface area contributed by atoms with Gasteiger partial charge in [-0.15, -0.1) is 0 Å². The van der Waals surface area contributed by atoms with Crippen LogP contribution in [-0.2, 0) is 0 Å². The summed E-state index contributed by atoms with van der Waals surface area (Å²) in [7, 11) is 0. The van der Waals surface area contributed by atoms with Gasteiger partial charge in [0.05, 0.1) is 11.8 Å². The minimum absolute atomic E-state index is 0.0240. The Morgan fingerprint density at radius 2 is 2.33 bits per heavy atom. The molecular formula is C16H16FN5O2. The number of rotatable bonds is 3. The van der Waals surface area contributed by atoms with Gasteiger partial charge in [0.1, 0.15) is 17.2 Å². The van der Waals surface area contributed by atoms with Crippen LogP contribution in [0.1, 0.15) is 23.8 Å². The molecule has 2 aromatic rings. The van der Waals surface area contributed by atoms with E-state index in [9.17, 15) is 9.18 Å². The van der Waals surface area contributed by atoms with E-state index in [0.717, 1.165) is 0 Å². The smallest absolute Gasteiger partial charge is 0.274 e. The van der Waals surface area contributed by atoms with Gasteiger partial charge in [-0.25, -0.2) is 9.37 Å². The first-order valence-corrected chi connectivity index (χ1v) is 7.33. The summed E-state index contributed by atoms with van der Waals surface area (Å²) >= 11 is 0. The zero-order valence-corrected chi connectivity index (χ0v) is 12.9. The van der Waals surface area contributed by atoms with Crippen LogP contribution >= 0.6 is 0 Å². The number of hydrogen-bond acceptors (Lipinski definition) is 4. The quantitative estimate of drug-likeness (QED) is 0.346. The van der Waals surface area contributed by atoms with Crippen LogP contribution in [0, 0.1) is 5.92 Å². The maximum Gasteiger partial charge on any atom is 0.274 e. The molecule has 2 aromatic heterocycles. The molecule has 1 aliphatic carbocycles. The van der Waals surface area contributed by atoms with E-state index in [1.807, 2.05) is 6.07 Å². The second-order valence-electron chi connectivity index (χ2n) is 5.54. The highest BCUT2D eigenvalue weighted by Gasteiger charge is 2.24. The van der Waals surface area contributed by atoms with Gasteiger partial charge < -0.3 is 16.3 Å². The van der Waals surface area contributed by atoms with Crippen LogP contribution in [0.4, 0.5) is 4.39 Å². The van der Waals surface area contributed by atoms with Crippen LogP contribution in [0.25, 0.3) is 5.65 Å². The number of nitrogens with zero attached hydrogens (tertiary/aromatic N) is 3. The number of carbonyl (C=O) groups is 1. The number of imidazole rings is 1. The lowest BCUT2D eigenvalue weighted by molar-refractivity contribution is 0.0955. The minimum atomic E-state index is -0.481. The predicted molar refractivity (Wildman–Crippen MR) is 86.1 cm³/mol. The molecule has 0 spiro atoms. The van der Waals surface area contributed by atoms with Gasteiger partial charge in [0.25, 0.3) is 5.91 Å². The van der Waals surface area contributed by atoms with Gasteiger partial charge in [-0.2, -0.15) is 0 Å². The average molecular weight is 329 g/mol. The maximum absolute atomic E-state index is 14.0. The van der Waals surface area contributed by atoms with E-state index in [4.69, 9.17) is 10.9 Å². The zero-order chi connectivity index (χ0) is 17.3. The van der Waals surface area contributed by atoms with Crippen molar-refractivity contribution in [2.24, 2.45) is 16.8 Å². The highest BCUT2D eigenvalue weighted by atomic mass is 19.1. The fourth-order valence-corrected chi connectivity index (χ4v) is 2.59. The van der Waals surface area contributed by atoms with Crippen LogP contribution in [0.3, 0.4) is 0 Å². The number of halogens is 1. The average Bonchev–Trinajstić information content (AvgIpc) is 3.00. The lowest BCUT2D eigenvalue weighted by Gasteiger charge is -2.22. The van der Waals surface area contributed by atoms with E-state index < -0.39 is 5.83 Å². The van der Waals surface area contributed by atoms with Crippen LogP contribution < -0.4 is 11.1 Å². The van der Waals surface area contributed by atoms with Crippen molar-refractivity contribution in [3.05, 3.63) is 59.5 Å². The molecule has 4 N–H and O–H groups in total. The zero-order valence-electron chi connectivity index (χ0n) is 12.9. The van der Waals surface area contributed by atoms with Gasteiger partial charge in [-0.3, -0.25) is 9.20 Å². The Morgan fingerprint density at radius 3 is 3.08 bits per heavy atom. The number of nitrogens with one attached hydrogen (secondary N) is 1. The summed E-state index contributed by atoms with van der Waals surface area (Å²) in [6.07, 6.45) is 4.65. The van der Waals surface area contributed by atoms with Crippen LogP contribution in [0.15, 0.2) is 58.9 Å². The Hall–Kier alpha value is -3.16. The van der Waals surface area contributed by atoms with Gasteiger partial charge in [-0.1, -0.05) is 18.1 Å². The third kappa shape index (κ3) is 2.73. The SMILES string of the molecule is CC1CC(F)=C(C(N)=NO)C=C1NC(=O)c1cnc2ccccn12. The monoisotopic (exact) mass is 329 g/mol. The number of allylic oxidation sites excluding steroid dienone is 2. The Kier molecular flexibility index (Phi) is 4.03. The molecule has 0 aromatic carbocycles. The minimum Gasteiger partial charge on any atom is -0.409 e. The van der Waals surface area contributed by atoms with Gasteiger partial charge in [-0.05, 0) is 18.2 Å². The Bertz CT molecular complexity index is 897. The predicted octanol–water partition coefficient (Wildman–Crippen LogP) is 1.96.